The Bertz CT molecular complexity index is 1430. The van der Waals surface area contributed by atoms with Gasteiger partial charge in [0.1, 0.15) is 17.6 Å². The van der Waals surface area contributed by atoms with Gasteiger partial charge in [-0.05, 0) is 69.7 Å². The summed E-state index contributed by atoms with van der Waals surface area (Å²) in [5.41, 5.74) is 3.00. The normalized spacial score (nSPS) is 14.1. The summed E-state index contributed by atoms with van der Waals surface area (Å²) in [6.45, 7) is 2.54. The Morgan fingerprint density at radius 3 is 2.86 bits per heavy atom. The molecule has 0 aliphatic heterocycles. The highest BCUT2D eigenvalue weighted by atomic mass is 79.9. The zero-order valence-electron chi connectivity index (χ0n) is 19.5. The van der Waals surface area contributed by atoms with Crippen molar-refractivity contribution in [3.8, 4) is 17.0 Å². The number of aryl methyl sites for hydroxylation is 1. The topological polar surface area (TPSA) is 127 Å². The third kappa shape index (κ3) is 5.25. The number of benzene rings is 1. The molecule has 11 nitrogen and oxygen atoms in total. The van der Waals surface area contributed by atoms with Crippen LogP contribution in [0.4, 0.5) is 10.2 Å². The Kier molecular flexibility index (Phi) is 6.48. The first-order chi connectivity index (χ1) is 17.3. The third-order valence-corrected chi connectivity index (χ3v) is 6.28. The van der Waals surface area contributed by atoms with E-state index in [0.717, 1.165) is 12.2 Å². The van der Waals surface area contributed by atoms with Gasteiger partial charge in [0.25, 0.3) is 0 Å². The monoisotopic (exact) mass is 556 g/mol. The van der Waals surface area contributed by atoms with Crippen molar-refractivity contribution >= 4 is 21.7 Å². The number of halogens is 2. The molecule has 3 heterocycles. The van der Waals surface area contributed by atoms with Crippen LogP contribution in [0.1, 0.15) is 42.8 Å². The van der Waals surface area contributed by atoms with E-state index in [1.807, 2.05) is 10.9 Å². The molecule has 1 saturated carbocycles. The molecule has 0 N–H and O–H groups in total. The van der Waals surface area contributed by atoms with Crippen LogP contribution >= 0.6 is 15.9 Å². The molecule has 0 spiro atoms. The molecular weight excluding hydrogens is 535 g/mol. The van der Waals surface area contributed by atoms with Crippen molar-refractivity contribution in [2.45, 2.75) is 38.8 Å². The number of pyridine rings is 1. The van der Waals surface area contributed by atoms with E-state index in [1.54, 1.807) is 20.0 Å². The molecular formula is C23H22BrFN8O3. The quantitative estimate of drug-likeness (QED) is 0.219. The van der Waals surface area contributed by atoms with E-state index in [9.17, 15) is 14.5 Å². The van der Waals surface area contributed by atoms with Gasteiger partial charge in [-0.3, -0.25) is 4.68 Å². The van der Waals surface area contributed by atoms with Crippen molar-refractivity contribution in [3.63, 3.8) is 0 Å². The number of nitrogens with zero attached hydrogens (tertiary/aromatic N) is 8. The Morgan fingerprint density at radius 2 is 2.11 bits per heavy atom. The van der Waals surface area contributed by atoms with Crippen LogP contribution in [0.5, 0.6) is 5.75 Å². The van der Waals surface area contributed by atoms with Gasteiger partial charge in [0.05, 0.1) is 15.9 Å². The number of rotatable bonds is 9. The van der Waals surface area contributed by atoms with Gasteiger partial charge in [-0.25, -0.2) is 4.39 Å². The fourth-order valence-corrected chi connectivity index (χ4v) is 4.31. The fourth-order valence-electron chi connectivity index (χ4n) is 4.00. The lowest BCUT2D eigenvalue weighted by Gasteiger charge is -2.18. The van der Waals surface area contributed by atoms with Crippen molar-refractivity contribution in [3.05, 3.63) is 74.0 Å². The maximum atomic E-state index is 14.4. The lowest BCUT2D eigenvalue weighted by atomic mass is 9.98. The Hall–Kier alpha value is -3.74. The van der Waals surface area contributed by atoms with Gasteiger partial charge in [0.15, 0.2) is 6.20 Å². The SMILES string of the molecule is C[C@@H](Oc1cc(Br)cnc1[N+](=O)[O-])c1cc(F)ccc1-c1nn(C)nc1Cc1cn(CC2CC2)nn1. The van der Waals surface area contributed by atoms with E-state index in [0.29, 0.717) is 39.3 Å². The summed E-state index contributed by atoms with van der Waals surface area (Å²) in [5.74, 6) is -0.271. The molecule has 13 heteroatoms. The van der Waals surface area contributed by atoms with Crippen molar-refractivity contribution in [1.82, 2.24) is 35.0 Å². The maximum absolute atomic E-state index is 14.4. The third-order valence-electron chi connectivity index (χ3n) is 5.84. The van der Waals surface area contributed by atoms with Crippen LogP contribution in [-0.4, -0.2) is 39.9 Å². The van der Waals surface area contributed by atoms with Crippen LogP contribution in [-0.2, 0) is 20.0 Å². The van der Waals surface area contributed by atoms with Crippen LogP contribution < -0.4 is 4.74 Å². The highest BCUT2D eigenvalue weighted by Gasteiger charge is 2.25. The molecule has 0 saturated heterocycles. The summed E-state index contributed by atoms with van der Waals surface area (Å²) >= 11 is 3.26. The van der Waals surface area contributed by atoms with Gasteiger partial charge in [-0.15, -0.1) is 5.10 Å². The minimum Gasteiger partial charge on any atom is -0.478 e. The summed E-state index contributed by atoms with van der Waals surface area (Å²) in [6.07, 6.45) is 5.29. The molecule has 0 amide bonds. The zero-order chi connectivity index (χ0) is 25.4. The highest BCUT2D eigenvalue weighted by molar-refractivity contribution is 9.10. The molecule has 0 radical (unpaired) electrons. The molecule has 186 valence electrons. The van der Waals surface area contributed by atoms with E-state index >= 15 is 0 Å². The molecule has 1 aliphatic carbocycles. The van der Waals surface area contributed by atoms with E-state index in [1.165, 1.54) is 42.0 Å². The summed E-state index contributed by atoms with van der Waals surface area (Å²) < 4.78 is 22.6. The van der Waals surface area contributed by atoms with Crippen molar-refractivity contribution in [2.24, 2.45) is 13.0 Å². The number of ether oxygens (including phenoxy) is 1. The van der Waals surface area contributed by atoms with Crippen LogP contribution in [0, 0.1) is 21.8 Å². The van der Waals surface area contributed by atoms with Gasteiger partial charge in [0.2, 0.25) is 5.75 Å². The minimum absolute atomic E-state index is 0.0382. The Labute approximate surface area is 213 Å². The molecule has 3 aromatic heterocycles. The van der Waals surface area contributed by atoms with E-state index in [2.05, 4.69) is 41.4 Å². The largest absolute Gasteiger partial charge is 0.478 e. The Morgan fingerprint density at radius 1 is 1.31 bits per heavy atom. The summed E-state index contributed by atoms with van der Waals surface area (Å²) in [4.78, 5) is 16.1. The zero-order valence-corrected chi connectivity index (χ0v) is 21.1. The first-order valence-corrected chi connectivity index (χ1v) is 12.1. The summed E-state index contributed by atoms with van der Waals surface area (Å²) in [6, 6.07) is 5.73. The number of hydrogen-bond acceptors (Lipinski definition) is 8. The van der Waals surface area contributed by atoms with Crippen LogP contribution in [0.15, 0.2) is 41.1 Å². The van der Waals surface area contributed by atoms with E-state index in [4.69, 9.17) is 4.74 Å². The van der Waals surface area contributed by atoms with Crippen LogP contribution in [0.25, 0.3) is 11.3 Å². The minimum atomic E-state index is -0.764. The second kappa shape index (κ2) is 9.72. The van der Waals surface area contributed by atoms with Gasteiger partial charge < -0.3 is 14.9 Å². The smallest absolute Gasteiger partial charge is 0.406 e. The second-order valence-electron chi connectivity index (χ2n) is 8.76. The van der Waals surface area contributed by atoms with Crippen molar-refractivity contribution in [1.29, 1.82) is 0 Å². The number of aromatic nitrogens is 7. The lowest BCUT2D eigenvalue weighted by molar-refractivity contribution is -0.390. The molecule has 36 heavy (non-hydrogen) atoms. The summed E-state index contributed by atoms with van der Waals surface area (Å²) in [5, 5.41) is 29.0. The summed E-state index contributed by atoms with van der Waals surface area (Å²) in [7, 11) is 1.70. The first kappa shape index (κ1) is 24.0. The number of nitro groups is 1. The molecule has 1 fully saturated rings. The van der Waals surface area contributed by atoms with Gasteiger partial charge in [0, 0.05) is 43.4 Å². The van der Waals surface area contributed by atoms with Crippen molar-refractivity contribution in [2.75, 3.05) is 0 Å². The van der Waals surface area contributed by atoms with Gasteiger partial charge in [-0.1, -0.05) is 5.21 Å². The van der Waals surface area contributed by atoms with Crippen molar-refractivity contribution < 1.29 is 14.1 Å². The molecule has 1 atom stereocenters. The molecule has 5 rings (SSSR count). The average Bonchev–Trinajstić information content (AvgIpc) is 3.41. The van der Waals surface area contributed by atoms with Crippen LogP contribution in [0.3, 0.4) is 0 Å². The predicted molar refractivity (Wildman–Crippen MR) is 130 cm³/mol. The average molecular weight is 557 g/mol. The Balaban J connectivity index is 1.47. The number of hydrogen-bond donors (Lipinski definition) is 0. The predicted octanol–water partition coefficient (Wildman–Crippen LogP) is 4.42. The molecule has 0 bridgehead atoms. The van der Waals surface area contributed by atoms with E-state index in [-0.39, 0.29) is 5.75 Å². The second-order valence-corrected chi connectivity index (χ2v) is 9.68. The van der Waals surface area contributed by atoms with Crippen LogP contribution in [0.2, 0.25) is 0 Å². The highest BCUT2D eigenvalue weighted by Crippen LogP contribution is 2.36. The maximum Gasteiger partial charge on any atom is 0.406 e. The van der Waals surface area contributed by atoms with Gasteiger partial charge in [-0.2, -0.15) is 15.0 Å². The van der Waals surface area contributed by atoms with E-state index < -0.39 is 22.7 Å². The standard InChI is InChI=1S/C23H22BrFN8O3/c1-13(36-21-7-15(24)10-26-23(21)33(34)35)19-8-16(25)5-6-18(19)22-20(28-31(2)29-22)9-17-12-32(30-27-17)11-14-3-4-14/h5-8,10,12-14H,3-4,9,11H2,1-2H3/t13-/m1/s1. The fraction of sp³-hybridized carbons (Fsp3) is 0.348. The molecule has 4 aromatic rings. The molecule has 0 unspecified atom stereocenters. The van der Waals surface area contributed by atoms with Gasteiger partial charge >= 0.3 is 5.82 Å². The molecule has 1 aromatic carbocycles. The first-order valence-electron chi connectivity index (χ1n) is 11.3. The lowest BCUT2D eigenvalue weighted by Crippen LogP contribution is -2.08. The molecule has 1 aliphatic rings.